The molecule has 5 heteroatoms. The highest BCUT2D eigenvalue weighted by atomic mass is 16.5. The van der Waals surface area contributed by atoms with E-state index in [1.165, 1.54) is 5.56 Å². The Kier molecular flexibility index (Phi) is 5.91. The van der Waals surface area contributed by atoms with Crippen LogP contribution in [0.25, 0.3) is 0 Å². The summed E-state index contributed by atoms with van der Waals surface area (Å²) >= 11 is 0. The first-order valence-electron chi connectivity index (χ1n) is 9.26. The molecule has 5 nitrogen and oxygen atoms in total. The van der Waals surface area contributed by atoms with Gasteiger partial charge in [0.15, 0.2) is 0 Å². The van der Waals surface area contributed by atoms with Gasteiger partial charge in [0.2, 0.25) is 5.95 Å². The molecule has 1 N–H and O–H groups in total. The molecule has 1 aromatic heterocycles. The fraction of sp³-hybridized carbons (Fsp3) is 0.273. The summed E-state index contributed by atoms with van der Waals surface area (Å²) in [7, 11) is 0. The molecule has 3 aromatic rings. The number of aromatic nitrogens is 2. The van der Waals surface area contributed by atoms with Gasteiger partial charge in [0.05, 0.1) is 6.10 Å². The number of benzene rings is 2. The van der Waals surface area contributed by atoms with E-state index in [1.807, 2.05) is 44.2 Å². The topological polar surface area (TPSA) is 50.3 Å². The van der Waals surface area contributed by atoms with E-state index in [-0.39, 0.29) is 6.10 Å². The molecular weight excluding hydrogens is 336 g/mol. The van der Waals surface area contributed by atoms with Crippen molar-refractivity contribution in [3.05, 3.63) is 66.4 Å². The van der Waals surface area contributed by atoms with Crippen molar-refractivity contribution in [3.63, 3.8) is 0 Å². The van der Waals surface area contributed by atoms with Crippen LogP contribution < -0.4 is 15.0 Å². The van der Waals surface area contributed by atoms with Crippen molar-refractivity contribution in [1.82, 2.24) is 9.97 Å². The Morgan fingerprint density at radius 3 is 2.52 bits per heavy atom. The molecule has 3 rings (SSSR count). The maximum Gasteiger partial charge on any atom is 0.229 e. The van der Waals surface area contributed by atoms with E-state index in [1.54, 1.807) is 6.20 Å². The summed E-state index contributed by atoms with van der Waals surface area (Å²) in [4.78, 5) is 11.2. The zero-order valence-electron chi connectivity index (χ0n) is 16.3. The molecule has 0 saturated carbocycles. The lowest BCUT2D eigenvalue weighted by atomic mass is 10.2. The predicted molar refractivity (Wildman–Crippen MR) is 111 cm³/mol. The van der Waals surface area contributed by atoms with E-state index in [0.717, 1.165) is 29.5 Å². The van der Waals surface area contributed by atoms with E-state index in [2.05, 4.69) is 58.3 Å². The van der Waals surface area contributed by atoms with Gasteiger partial charge >= 0.3 is 0 Å². The molecule has 0 radical (unpaired) electrons. The number of rotatable bonds is 7. The average Bonchev–Trinajstić information content (AvgIpc) is 2.64. The van der Waals surface area contributed by atoms with E-state index >= 15 is 0 Å². The summed E-state index contributed by atoms with van der Waals surface area (Å²) < 4.78 is 5.68. The SMILES string of the molecule is CCN(c1cccc(C)c1)c1ccnc(Nc2ccc(OC(C)C)cc2)n1. The second-order valence-corrected chi connectivity index (χ2v) is 6.64. The molecule has 27 heavy (non-hydrogen) atoms. The first-order chi connectivity index (χ1) is 13.0. The summed E-state index contributed by atoms with van der Waals surface area (Å²) in [6, 6.07) is 18.2. The highest BCUT2D eigenvalue weighted by molar-refractivity contribution is 5.62. The molecule has 0 fully saturated rings. The molecule has 0 spiro atoms. The van der Waals surface area contributed by atoms with Gasteiger partial charge in [0.25, 0.3) is 0 Å². The van der Waals surface area contributed by atoms with Crippen molar-refractivity contribution < 1.29 is 4.74 Å². The van der Waals surface area contributed by atoms with Crippen LogP contribution in [0.4, 0.5) is 23.1 Å². The van der Waals surface area contributed by atoms with Gasteiger partial charge in [0, 0.05) is 24.1 Å². The minimum absolute atomic E-state index is 0.158. The average molecular weight is 362 g/mol. The van der Waals surface area contributed by atoms with Gasteiger partial charge < -0.3 is 15.0 Å². The Morgan fingerprint density at radius 2 is 1.85 bits per heavy atom. The number of ether oxygens (including phenoxy) is 1. The van der Waals surface area contributed by atoms with Crippen LogP contribution in [0.5, 0.6) is 5.75 Å². The fourth-order valence-corrected chi connectivity index (χ4v) is 2.85. The third-order valence-electron chi connectivity index (χ3n) is 4.03. The molecule has 0 bridgehead atoms. The van der Waals surface area contributed by atoms with Crippen molar-refractivity contribution in [2.24, 2.45) is 0 Å². The number of hydrogen-bond donors (Lipinski definition) is 1. The molecule has 0 saturated heterocycles. The van der Waals surface area contributed by atoms with Crippen molar-refractivity contribution >= 4 is 23.1 Å². The smallest absolute Gasteiger partial charge is 0.229 e. The monoisotopic (exact) mass is 362 g/mol. The maximum absolute atomic E-state index is 5.68. The van der Waals surface area contributed by atoms with Crippen molar-refractivity contribution in [2.45, 2.75) is 33.8 Å². The van der Waals surface area contributed by atoms with Crippen LogP contribution in [0.1, 0.15) is 26.3 Å². The number of aryl methyl sites for hydroxylation is 1. The zero-order chi connectivity index (χ0) is 19.2. The lowest BCUT2D eigenvalue weighted by Gasteiger charge is -2.22. The van der Waals surface area contributed by atoms with Crippen LogP contribution in [0.3, 0.4) is 0 Å². The number of anilines is 4. The summed E-state index contributed by atoms with van der Waals surface area (Å²) in [5.74, 6) is 2.28. The minimum atomic E-state index is 0.158. The molecule has 2 aromatic carbocycles. The second kappa shape index (κ2) is 8.54. The molecule has 1 heterocycles. The molecule has 0 atom stereocenters. The van der Waals surface area contributed by atoms with Gasteiger partial charge in [0.1, 0.15) is 11.6 Å². The van der Waals surface area contributed by atoms with Crippen LogP contribution in [0.15, 0.2) is 60.8 Å². The molecule has 0 aliphatic rings. The summed E-state index contributed by atoms with van der Waals surface area (Å²) in [6.07, 6.45) is 1.93. The Hall–Kier alpha value is -3.08. The molecule has 0 unspecified atom stereocenters. The Balaban J connectivity index is 1.78. The van der Waals surface area contributed by atoms with Crippen molar-refractivity contribution in [3.8, 4) is 5.75 Å². The molecule has 0 aliphatic carbocycles. The first kappa shape index (κ1) is 18.7. The number of nitrogens with zero attached hydrogens (tertiary/aromatic N) is 3. The molecular formula is C22H26N4O. The highest BCUT2D eigenvalue weighted by Gasteiger charge is 2.10. The van der Waals surface area contributed by atoms with Crippen LogP contribution in [-0.2, 0) is 0 Å². The maximum atomic E-state index is 5.68. The number of nitrogens with one attached hydrogen (secondary N) is 1. The third-order valence-corrected chi connectivity index (χ3v) is 4.03. The van der Waals surface area contributed by atoms with Crippen molar-refractivity contribution in [2.75, 3.05) is 16.8 Å². The quantitative estimate of drug-likeness (QED) is 0.603. The zero-order valence-corrected chi connectivity index (χ0v) is 16.3. The lowest BCUT2D eigenvalue weighted by molar-refractivity contribution is 0.242. The van der Waals surface area contributed by atoms with Crippen LogP contribution in [0, 0.1) is 6.92 Å². The van der Waals surface area contributed by atoms with Crippen LogP contribution in [0.2, 0.25) is 0 Å². The van der Waals surface area contributed by atoms with Gasteiger partial charge in [-0.1, -0.05) is 12.1 Å². The summed E-state index contributed by atoms with van der Waals surface area (Å²) in [5, 5.41) is 3.26. The Morgan fingerprint density at radius 1 is 1.07 bits per heavy atom. The van der Waals surface area contributed by atoms with Crippen LogP contribution in [-0.4, -0.2) is 22.6 Å². The van der Waals surface area contributed by atoms with Gasteiger partial charge in [-0.15, -0.1) is 0 Å². The molecule has 0 aliphatic heterocycles. The van der Waals surface area contributed by atoms with Gasteiger partial charge in [-0.05, 0) is 75.7 Å². The number of hydrogen-bond acceptors (Lipinski definition) is 5. The highest BCUT2D eigenvalue weighted by Crippen LogP contribution is 2.25. The normalized spacial score (nSPS) is 10.7. The van der Waals surface area contributed by atoms with Crippen LogP contribution >= 0.6 is 0 Å². The largest absolute Gasteiger partial charge is 0.491 e. The minimum Gasteiger partial charge on any atom is -0.491 e. The molecule has 0 amide bonds. The van der Waals surface area contributed by atoms with Crippen molar-refractivity contribution in [1.29, 1.82) is 0 Å². The second-order valence-electron chi connectivity index (χ2n) is 6.64. The predicted octanol–water partition coefficient (Wildman–Crippen LogP) is 5.47. The van der Waals surface area contributed by atoms with E-state index < -0.39 is 0 Å². The third kappa shape index (κ3) is 4.97. The summed E-state index contributed by atoms with van der Waals surface area (Å²) in [5.41, 5.74) is 3.27. The standard InChI is InChI=1S/C22H26N4O/c1-5-26(19-8-6-7-17(4)15-19)21-13-14-23-22(25-21)24-18-9-11-20(12-10-18)27-16(2)3/h6-16H,5H2,1-4H3,(H,23,24,25). The van der Waals surface area contributed by atoms with Gasteiger partial charge in [-0.25, -0.2) is 4.98 Å². The van der Waals surface area contributed by atoms with E-state index in [4.69, 9.17) is 4.74 Å². The molecule has 140 valence electrons. The van der Waals surface area contributed by atoms with E-state index in [0.29, 0.717) is 5.95 Å². The Bertz CT molecular complexity index is 877. The lowest BCUT2D eigenvalue weighted by Crippen LogP contribution is -2.18. The van der Waals surface area contributed by atoms with Gasteiger partial charge in [-0.3, -0.25) is 0 Å². The van der Waals surface area contributed by atoms with Gasteiger partial charge in [-0.2, -0.15) is 4.98 Å². The summed E-state index contributed by atoms with van der Waals surface area (Å²) in [6.45, 7) is 9.06. The fourth-order valence-electron chi connectivity index (χ4n) is 2.85. The first-order valence-corrected chi connectivity index (χ1v) is 9.26. The van der Waals surface area contributed by atoms with E-state index in [9.17, 15) is 0 Å². The Labute approximate surface area is 161 Å².